The number of rotatable bonds is 6. The molecule has 0 radical (unpaired) electrons. The molecule has 5 rings (SSSR count). The van der Waals surface area contributed by atoms with Crippen LogP contribution in [-0.2, 0) is 0 Å². The number of methoxy groups -OCH3 is 1. The van der Waals surface area contributed by atoms with Gasteiger partial charge < -0.3 is 29.1 Å². The van der Waals surface area contributed by atoms with Crippen molar-refractivity contribution in [2.45, 2.75) is 31.3 Å². The number of nitrogens with zero attached hydrogens (tertiary/aromatic N) is 4. The molecular formula is C29H31ClN4O6. The molecule has 3 heterocycles. The van der Waals surface area contributed by atoms with Gasteiger partial charge in [-0.25, -0.2) is 9.59 Å². The number of carbonyl (C=O) groups is 2. The fourth-order valence-corrected chi connectivity index (χ4v) is 5.68. The third kappa shape index (κ3) is 5.72. The highest BCUT2D eigenvalue weighted by molar-refractivity contribution is 6.31. The zero-order valence-electron chi connectivity index (χ0n) is 22.3. The second-order valence-electron chi connectivity index (χ2n) is 9.71. The van der Waals surface area contributed by atoms with Gasteiger partial charge in [-0.05, 0) is 61.4 Å². The Bertz CT molecular complexity index is 1370. The standard InChI is InChI=1S/C29H31ClN4O6/c1-32(25-17-19(30)3-5-27(25)38-2)28(35)34(21-9-14-33(15-10-21)20-7-12-31-13-8-20)24-11-16-39-26-6-4-22(18-23(24)26)40-29(36)37/h3-8,12-13,17-18,21,24H,9-11,14-16H2,1-2H3,(H,36,37). The Hall–Kier alpha value is -4.18. The van der Waals surface area contributed by atoms with E-state index in [0.29, 0.717) is 40.8 Å². The molecule has 40 heavy (non-hydrogen) atoms. The molecule has 2 aliphatic rings. The highest BCUT2D eigenvalue weighted by Crippen LogP contribution is 2.42. The molecule has 0 aliphatic carbocycles. The number of halogens is 1. The molecule has 0 bridgehead atoms. The van der Waals surface area contributed by atoms with Crippen LogP contribution in [0.4, 0.5) is 21.0 Å². The van der Waals surface area contributed by atoms with Crippen LogP contribution in [0.2, 0.25) is 5.02 Å². The number of ether oxygens (including phenoxy) is 3. The topological polar surface area (TPSA) is 105 Å². The fraction of sp³-hybridized carbons (Fsp3) is 0.345. The Kier molecular flexibility index (Phi) is 8.16. The molecule has 1 unspecified atom stereocenters. The third-order valence-electron chi connectivity index (χ3n) is 7.43. The summed E-state index contributed by atoms with van der Waals surface area (Å²) >= 11 is 6.30. The lowest BCUT2D eigenvalue weighted by atomic mass is 9.94. The van der Waals surface area contributed by atoms with Crippen molar-refractivity contribution in [3.63, 3.8) is 0 Å². The van der Waals surface area contributed by atoms with Crippen molar-refractivity contribution in [1.29, 1.82) is 0 Å². The van der Waals surface area contributed by atoms with E-state index in [-0.39, 0.29) is 23.9 Å². The monoisotopic (exact) mass is 566 g/mol. The van der Waals surface area contributed by atoms with Crippen molar-refractivity contribution in [3.8, 4) is 17.2 Å². The Morgan fingerprint density at radius 2 is 1.82 bits per heavy atom. The van der Waals surface area contributed by atoms with Crippen LogP contribution in [0.5, 0.6) is 17.2 Å². The summed E-state index contributed by atoms with van der Waals surface area (Å²) in [5.74, 6) is 1.30. The SMILES string of the molecule is COc1ccc(Cl)cc1N(C)C(=O)N(C1CCN(c2ccncc2)CC1)C1CCOc2ccc(OC(=O)O)cc21. The zero-order valence-corrected chi connectivity index (χ0v) is 23.1. The number of anilines is 2. The van der Waals surface area contributed by atoms with Crippen molar-refractivity contribution >= 4 is 35.2 Å². The first-order valence-electron chi connectivity index (χ1n) is 13.1. The summed E-state index contributed by atoms with van der Waals surface area (Å²) in [6.07, 6.45) is 4.18. The number of pyridine rings is 1. The molecule has 10 nitrogen and oxygen atoms in total. The number of hydrogen-bond acceptors (Lipinski definition) is 7. The lowest BCUT2D eigenvalue weighted by molar-refractivity contribution is 0.109. The molecule has 2 amide bonds. The van der Waals surface area contributed by atoms with Crippen LogP contribution < -0.4 is 24.0 Å². The Balaban J connectivity index is 1.50. The van der Waals surface area contributed by atoms with Gasteiger partial charge in [-0.15, -0.1) is 0 Å². The van der Waals surface area contributed by atoms with Crippen LogP contribution in [0.3, 0.4) is 0 Å². The Morgan fingerprint density at radius 3 is 2.52 bits per heavy atom. The Morgan fingerprint density at radius 1 is 1.07 bits per heavy atom. The molecule has 0 spiro atoms. The summed E-state index contributed by atoms with van der Waals surface area (Å²) in [4.78, 5) is 35.5. The lowest BCUT2D eigenvalue weighted by Gasteiger charge is -2.45. The number of benzene rings is 2. The second kappa shape index (κ2) is 11.9. The molecule has 2 aromatic carbocycles. The van der Waals surface area contributed by atoms with Gasteiger partial charge >= 0.3 is 12.2 Å². The van der Waals surface area contributed by atoms with Crippen LogP contribution in [-0.4, -0.2) is 67.1 Å². The quantitative estimate of drug-likeness (QED) is 0.292. The van der Waals surface area contributed by atoms with E-state index in [1.54, 1.807) is 67.8 Å². The summed E-state index contributed by atoms with van der Waals surface area (Å²) < 4.78 is 16.4. The summed E-state index contributed by atoms with van der Waals surface area (Å²) in [6, 6.07) is 13.4. The van der Waals surface area contributed by atoms with Crippen molar-refractivity contribution in [1.82, 2.24) is 9.88 Å². The van der Waals surface area contributed by atoms with Crippen LogP contribution in [0.25, 0.3) is 0 Å². The molecule has 2 aliphatic heterocycles. The number of urea groups is 1. The van der Waals surface area contributed by atoms with Gasteiger partial charge in [0.15, 0.2) is 0 Å². The number of carboxylic acid groups (broad SMARTS) is 1. The molecule has 1 aromatic heterocycles. The van der Waals surface area contributed by atoms with Gasteiger partial charge in [0.2, 0.25) is 0 Å². The van der Waals surface area contributed by atoms with Gasteiger partial charge in [-0.1, -0.05) is 11.6 Å². The molecule has 1 saturated heterocycles. The molecule has 1 N–H and O–H groups in total. The number of fused-ring (bicyclic) bond motifs is 1. The van der Waals surface area contributed by atoms with Crippen molar-refractivity contribution in [3.05, 3.63) is 71.5 Å². The number of piperidine rings is 1. The molecule has 0 saturated carbocycles. The molecule has 3 aromatic rings. The van der Waals surface area contributed by atoms with Crippen molar-refractivity contribution < 1.29 is 28.9 Å². The maximum atomic E-state index is 14.4. The predicted molar refractivity (Wildman–Crippen MR) is 151 cm³/mol. The first-order chi connectivity index (χ1) is 19.4. The van der Waals surface area contributed by atoms with Gasteiger partial charge in [-0.2, -0.15) is 0 Å². The van der Waals surface area contributed by atoms with Crippen LogP contribution in [0, 0.1) is 0 Å². The first-order valence-corrected chi connectivity index (χ1v) is 13.5. The maximum absolute atomic E-state index is 14.4. The molecule has 1 fully saturated rings. The largest absolute Gasteiger partial charge is 0.511 e. The first kappa shape index (κ1) is 27.4. The predicted octanol–water partition coefficient (Wildman–Crippen LogP) is 5.85. The van der Waals surface area contributed by atoms with Gasteiger partial charge in [-0.3, -0.25) is 9.88 Å². The molecule has 210 valence electrons. The fourth-order valence-electron chi connectivity index (χ4n) is 5.51. The summed E-state index contributed by atoms with van der Waals surface area (Å²) in [5, 5.41) is 9.66. The highest BCUT2D eigenvalue weighted by atomic mass is 35.5. The number of carbonyl (C=O) groups excluding carboxylic acids is 1. The average molecular weight is 567 g/mol. The van der Waals surface area contributed by atoms with Gasteiger partial charge in [0.1, 0.15) is 17.2 Å². The van der Waals surface area contributed by atoms with Crippen molar-refractivity contribution in [2.24, 2.45) is 0 Å². The van der Waals surface area contributed by atoms with E-state index in [0.717, 1.165) is 31.6 Å². The summed E-state index contributed by atoms with van der Waals surface area (Å²) in [7, 11) is 3.26. The highest BCUT2D eigenvalue weighted by Gasteiger charge is 2.39. The van der Waals surface area contributed by atoms with Crippen LogP contribution >= 0.6 is 11.6 Å². The van der Waals surface area contributed by atoms with E-state index >= 15 is 0 Å². The summed E-state index contributed by atoms with van der Waals surface area (Å²) in [6.45, 7) is 1.95. The zero-order chi connectivity index (χ0) is 28.2. The molecule has 11 heteroatoms. The minimum absolute atomic E-state index is 0.0850. The van der Waals surface area contributed by atoms with Crippen molar-refractivity contribution in [2.75, 3.05) is 43.7 Å². The number of aromatic nitrogens is 1. The minimum atomic E-state index is -1.41. The normalized spacial score (nSPS) is 16.9. The van der Waals surface area contributed by atoms with E-state index in [9.17, 15) is 14.7 Å². The maximum Gasteiger partial charge on any atom is 0.511 e. The third-order valence-corrected chi connectivity index (χ3v) is 7.66. The number of hydrogen-bond donors (Lipinski definition) is 1. The second-order valence-corrected chi connectivity index (χ2v) is 10.1. The average Bonchev–Trinajstić information content (AvgIpc) is 2.97. The van der Waals surface area contributed by atoms with E-state index < -0.39 is 6.16 Å². The van der Waals surface area contributed by atoms with E-state index in [2.05, 4.69) is 9.88 Å². The molecule has 1 atom stereocenters. The summed E-state index contributed by atoms with van der Waals surface area (Å²) in [5.41, 5.74) is 2.36. The van der Waals surface area contributed by atoms with Gasteiger partial charge in [0.25, 0.3) is 0 Å². The number of amides is 2. The molecular weight excluding hydrogens is 536 g/mol. The van der Waals surface area contributed by atoms with Crippen LogP contribution in [0.1, 0.15) is 30.9 Å². The van der Waals surface area contributed by atoms with Crippen LogP contribution in [0.15, 0.2) is 60.9 Å². The lowest BCUT2D eigenvalue weighted by Crippen LogP contribution is -2.53. The van der Waals surface area contributed by atoms with E-state index in [1.807, 2.05) is 17.0 Å². The van der Waals surface area contributed by atoms with E-state index in [1.165, 1.54) is 0 Å². The minimum Gasteiger partial charge on any atom is -0.495 e. The van der Waals surface area contributed by atoms with E-state index in [4.69, 9.17) is 25.8 Å². The van der Waals surface area contributed by atoms with Gasteiger partial charge in [0.05, 0.1) is 25.4 Å². The smallest absolute Gasteiger partial charge is 0.495 e. The van der Waals surface area contributed by atoms with Gasteiger partial charge in [0, 0.05) is 61.3 Å². The Labute approximate surface area is 237 Å².